The molecule has 1 aliphatic rings. The van der Waals surface area contributed by atoms with Gasteiger partial charge in [-0.1, -0.05) is 0 Å². The van der Waals surface area contributed by atoms with Gasteiger partial charge in [-0.25, -0.2) is 4.98 Å². The van der Waals surface area contributed by atoms with Crippen LogP contribution in [-0.2, 0) is 26.4 Å². The van der Waals surface area contributed by atoms with Crippen molar-refractivity contribution in [2.75, 3.05) is 0 Å². The zero-order valence-corrected chi connectivity index (χ0v) is 14.9. The van der Waals surface area contributed by atoms with E-state index >= 15 is 0 Å². The second-order valence-electron chi connectivity index (χ2n) is 6.45. The first-order chi connectivity index (χ1) is 12.1. The molecule has 2 heterocycles. The summed E-state index contributed by atoms with van der Waals surface area (Å²) in [6.07, 6.45) is 6.26. The molecule has 0 atom stereocenters. The molecule has 0 unspecified atom stereocenters. The summed E-state index contributed by atoms with van der Waals surface area (Å²) in [5.41, 5.74) is 3.63. The third kappa shape index (κ3) is 2.98. The van der Waals surface area contributed by atoms with E-state index in [2.05, 4.69) is 15.7 Å². The molecule has 0 bridgehead atoms. The highest BCUT2D eigenvalue weighted by molar-refractivity contribution is 7.10. The van der Waals surface area contributed by atoms with Gasteiger partial charge in [0.25, 0.3) is 11.5 Å². The van der Waals surface area contributed by atoms with E-state index in [0.717, 1.165) is 6.42 Å². The van der Waals surface area contributed by atoms with Gasteiger partial charge in [0, 0.05) is 24.0 Å². The van der Waals surface area contributed by atoms with E-state index in [1.807, 2.05) is 0 Å². The summed E-state index contributed by atoms with van der Waals surface area (Å²) in [7, 11) is 1.66. The number of nitrogens with one attached hydrogen (secondary N) is 1. The predicted octanol–water partition coefficient (Wildman–Crippen LogP) is 2.80. The molecule has 0 saturated heterocycles. The number of rotatable bonds is 3. The van der Waals surface area contributed by atoms with E-state index < -0.39 is 0 Å². The largest absolute Gasteiger partial charge is 0.348 e. The molecule has 4 rings (SSSR count). The van der Waals surface area contributed by atoms with E-state index in [1.165, 1.54) is 46.2 Å². The van der Waals surface area contributed by atoms with Crippen molar-refractivity contribution in [3.63, 3.8) is 0 Å². The summed E-state index contributed by atoms with van der Waals surface area (Å²) >= 11 is 1.81. The van der Waals surface area contributed by atoms with Crippen molar-refractivity contribution in [2.24, 2.45) is 7.05 Å². The number of aryl methyl sites for hydroxylation is 2. The van der Waals surface area contributed by atoms with Crippen LogP contribution in [0, 0.1) is 0 Å². The maximum atomic E-state index is 12.5. The number of carbonyl (C=O) groups excluding carboxylic acids is 1. The molecule has 25 heavy (non-hydrogen) atoms. The van der Waals surface area contributed by atoms with Crippen molar-refractivity contribution in [3.8, 4) is 0 Å². The summed E-state index contributed by atoms with van der Waals surface area (Å²) in [5.74, 6) is -0.139. The summed E-state index contributed by atoms with van der Waals surface area (Å²) in [5, 5.41) is 5.69. The monoisotopic (exact) mass is 353 g/mol. The molecule has 0 spiro atoms. The molecule has 1 N–H and O–H groups in total. The molecular weight excluding hydrogens is 334 g/mol. The van der Waals surface area contributed by atoms with Crippen molar-refractivity contribution in [1.29, 1.82) is 0 Å². The van der Waals surface area contributed by atoms with Crippen LogP contribution in [-0.4, -0.2) is 15.5 Å². The van der Waals surface area contributed by atoms with Gasteiger partial charge in [-0.2, -0.15) is 0 Å². The minimum Gasteiger partial charge on any atom is -0.348 e. The minimum atomic E-state index is -0.139. The van der Waals surface area contributed by atoms with Crippen LogP contribution in [0.5, 0.6) is 0 Å². The number of benzene rings is 1. The lowest BCUT2D eigenvalue weighted by atomic mass is 9.96. The molecular formula is C19H19N3O2S. The van der Waals surface area contributed by atoms with Crippen LogP contribution in [0.25, 0.3) is 10.9 Å². The number of thiophene rings is 1. The number of amides is 1. The van der Waals surface area contributed by atoms with Crippen LogP contribution in [0.2, 0.25) is 0 Å². The summed E-state index contributed by atoms with van der Waals surface area (Å²) in [6, 6.07) is 5.03. The second kappa shape index (κ2) is 6.44. The van der Waals surface area contributed by atoms with Crippen molar-refractivity contribution < 1.29 is 4.79 Å². The van der Waals surface area contributed by atoms with Crippen LogP contribution in [0.4, 0.5) is 0 Å². The van der Waals surface area contributed by atoms with Crippen molar-refractivity contribution in [1.82, 2.24) is 14.9 Å². The van der Waals surface area contributed by atoms with Crippen molar-refractivity contribution in [3.05, 3.63) is 61.8 Å². The highest BCUT2D eigenvalue weighted by Crippen LogP contribution is 2.30. The molecule has 1 aliphatic carbocycles. The highest BCUT2D eigenvalue weighted by Gasteiger charge is 2.16. The first kappa shape index (κ1) is 16.0. The van der Waals surface area contributed by atoms with E-state index in [-0.39, 0.29) is 11.5 Å². The molecule has 0 saturated carbocycles. The van der Waals surface area contributed by atoms with Gasteiger partial charge in [-0.05, 0) is 60.4 Å². The quantitative estimate of drug-likeness (QED) is 0.787. The number of carbonyl (C=O) groups is 1. The van der Waals surface area contributed by atoms with E-state index in [1.54, 1.807) is 36.6 Å². The lowest BCUT2D eigenvalue weighted by molar-refractivity contribution is 0.0951. The molecule has 1 aromatic carbocycles. The van der Waals surface area contributed by atoms with Gasteiger partial charge >= 0.3 is 0 Å². The van der Waals surface area contributed by atoms with Crippen LogP contribution in [0.15, 0.2) is 34.7 Å². The summed E-state index contributed by atoms with van der Waals surface area (Å²) in [6.45, 7) is 0.548. The van der Waals surface area contributed by atoms with Crippen LogP contribution < -0.4 is 10.9 Å². The topological polar surface area (TPSA) is 64.0 Å². The van der Waals surface area contributed by atoms with Gasteiger partial charge in [-0.3, -0.25) is 9.59 Å². The molecule has 1 amide bonds. The molecule has 0 radical (unpaired) electrons. The molecule has 2 aromatic heterocycles. The van der Waals surface area contributed by atoms with E-state index in [4.69, 9.17) is 0 Å². The second-order valence-corrected chi connectivity index (χ2v) is 7.41. The average molecular weight is 353 g/mol. The number of aromatic nitrogens is 2. The summed E-state index contributed by atoms with van der Waals surface area (Å²) in [4.78, 5) is 30.2. The van der Waals surface area contributed by atoms with E-state index in [0.29, 0.717) is 23.0 Å². The fraction of sp³-hybridized carbons (Fsp3) is 0.316. The first-order valence-electron chi connectivity index (χ1n) is 8.45. The van der Waals surface area contributed by atoms with Gasteiger partial charge in [0.2, 0.25) is 0 Å². The Bertz CT molecular complexity index is 1020. The van der Waals surface area contributed by atoms with Gasteiger partial charge in [0.05, 0.1) is 17.2 Å². The van der Waals surface area contributed by atoms with Gasteiger partial charge < -0.3 is 9.88 Å². The Morgan fingerprint density at radius 1 is 1.32 bits per heavy atom. The maximum absolute atomic E-state index is 12.5. The number of nitrogens with zero attached hydrogens (tertiary/aromatic N) is 2. The Balaban J connectivity index is 1.53. The normalized spacial score (nSPS) is 13.6. The third-order valence-corrected chi connectivity index (χ3v) is 5.91. The van der Waals surface area contributed by atoms with Crippen molar-refractivity contribution in [2.45, 2.75) is 32.2 Å². The highest BCUT2D eigenvalue weighted by atomic mass is 32.1. The fourth-order valence-electron chi connectivity index (χ4n) is 3.34. The Morgan fingerprint density at radius 3 is 3.04 bits per heavy atom. The SMILES string of the molecule is Cn1cnc2cc(C(=O)NCc3csc4c3CCCC4)ccc2c1=O. The zero-order chi connectivity index (χ0) is 17.4. The van der Waals surface area contributed by atoms with E-state index in [9.17, 15) is 9.59 Å². The summed E-state index contributed by atoms with van der Waals surface area (Å²) < 4.78 is 1.43. The fourth-order valence-corrected chi connectivity index (χ4v) is 4.49. The van der Waals surface area contributed by atoms with Crippen LogP contribution >= 0.6 is 11.3 Å². The van der Waals surface area contributed by atoms with Gasteiger partial charge in [0.1, 0.15) is 0 Å². The number of hydrogen-bond donors (Lipinski definition) is 1. The Labute approximate surface area is 149 Å². The Hall–Kier alpha value is -2.47. The molecule has 6 heteroatoms. The maximum Gasteiger partial charge on any atom is 0.260 e. The Kier molecular flexibility index (Phi) is 4.13. The first-order valence-corrected chi connectivity index (χ1v) is 9.33. The number of fused-ring (bicyclic) bond motifs is 2. The number of hydrogen-bond acceptors (Lipinski definition) is 4. The zero-order valence-electron chi connectivity index (χ0n) is 14.0. The molecule has 0 aliphatic heterocycles. The lowest BCUT2D eigenvalue weighted by Crippen LogP contribution is -2.24. The van der Waals surface area contributed by atoms with Crippen LogP contribution in [0.3, 0.4) is 0 Å². The minimum absolute atomic E-state index is 0.109. The smallest absolute Gasteiger partial charge is 0.260 e. The molecule has 5 nitrogen and oxygen atoms in total. The molecule has 128 valence electrons. The van der Waals surface area contributed by atoms with Gasteiger partial charge in [-0.15, -0.1) is 11.3 Å². The standard InChI is InChI=1S/C19H19N3O2S/c1-22-11-21-16-8-12(6-7-15(16)19(22)24)18(23)20-9-13-10-25-17-5-3-2-4-14(13)17/h6-8,10-11H,2-5,9H2,1H3,(H,20,23). The van der Waals surface area contributed by atoms with Crippen molar-refractivity contribution >= 4 is 28.1 Å². The lowest BCUT2D eigenvalue weighted by Gasteiger charge is -2.13. The molecule has 3 aromatic rings. The molecule has 0 fully saturated rings. The predicted molar refractivity (Wildman–Crippen MR) is 99.1 cm³/mol. The third-order valence-electron chi connectivity index (χ3n) is 4.77. The van der Waals surface area contributed by atoms with Crippen LogP contribution in [0.1, 0.15) is 39.2 Å². The average Bonchev–Trinajstić information content (AvgIpc) is 3.06. The Morgan fingerprint density at radius 2 is 2.16 bits per heavy atom. The van der Waals surface area contributed by atoms with Gasteiger partial charge in [0.15, 0.2) is 0 Å².